The second-order valence-corrected chi connectivity index (χ2v) is 12.4. The molecule has 9 rings (SSSR count). The van der Waals surface area contributed by atoms with Crippen LogP contribution >= 0.6 is 0 Å². The van der Waals surface area contributed by atoms with Crippen LogP contribution in [0.3, 0.4) is 0 Å². The van der Waals surface area contributed by atoms with Crippen LogP contribution in [0.1, 0.15) is 16.7 Å². The molecule has 0 spiro atoms. The Bertz CT molecular complexity index is 2830. The van der Waals surface area contributed by atoms with Gasteiger partial charge in [-0.25, -0.2) is 0 Å². The van der Waals surface area contributed by atoms with Crippen molar-refractivity contribution in [3.05, 3.63) is 168 Å². The molecule has 0 atom stereocenters. The highest BCUT2D eigenvalue weighted by atomic mass is 15.0. The van der Waals surface area contributed by atoms with Crippen LogP contribution in [0, 0.1) is 34.0 Å². The van der Waals surface area contributed by atoms with Gasteiger partial charge in [0.2, 0.25) is 0 Å². The van der Waals surface area contributed by atoms with Gasteiger partial charge in [0, 0.05) is 32.9 Å². The van der Waals surface area contributed by atoms with E-state index >= 15 is 0 Å². The fourth-order valence-electron chi connectivity index (χ4n) is 7.28. The first kappa shape index (κ1) is 28.8. The van der Waals surface area contributed by atoms with Gasteiger partial charge in [0.1, 0.15) is 0 Å². The lowest BCUT2D eigenvalue weighted by Gasteiger charge is -2.16. The minimum absolute atomic E-state index is 0.568. The molecule has 0 unspecified atom stereocenters. The van der Waals surface area contributed by atoms with Gasteiger partial charge in [0.15, 0.2) is 0 Å². The highest BCUT2D eigenvalue weighted by Crippen LogP contribution is 2.39. The lowest BCUT2D eigenvalue weighted by Crippen LogP contribution is -2.00. The van der Waals surface area contributed by atoms with Crippen LogP contribution in [0.15, 0.2) is 152 Å². The second-order valence-electron chi connectivity index (χ2n) is 12.4. The molecule has 0 radical (unpaired) electrons. The normalized spacial score (nSPS) is 11.1. The van der Waals surface area contributed by atoms with E-state index in [9.17, 15) is 15.8 Å². The summed E-state index contributed by atoms with van der Waals surface area (Å²) in [5.74, 6) is 0. The van der Waals surface area contributed by atoms with Crippen molar-refractivity contribution in [2.45, 2.75) is 0 Å². The van der Waals surface area contributed by atoms with Crippen molar-refractivity contribution in [2.75, 3.05) is 0 Å². The zero-order valence-corrected chi connectivity index (χ0v) is 26.7. The second kappa shape index (κ2) is 11.4. The maximum Gasteiger partial charge on any atom is 0.0991 e. The van der Waals surface area contributed by atoms with Crippen molar-refractivity contribution in [2.24, 2.45) is 0 Å². The molecule has 7 aromatic carbocycles. The van der Waals surface area contributed by atoms with E-state index in [4.69, 9.17) is 0 Å². The molecule has 0 aliphatic carbocycles. The molecule has 0 aliphatic heterocycles. The minimum Gasteiger partial charge on any atom is -0.309 e. The van der Waals surface area contributed by atoms with E-state index in [1.54, 1.807) is 0 Å². The Morgan fingerprint density at radius 3 is 1.30 bits per heavy atom. The summed E-state index contributed by atoms with van der Waals surface area (Å²) in [6.45, 7) is 0. The summed E-state index contributed by atoms with van der Waals surface area (Å²) < 4.78 is 4.57. The molecule has 0 N–H and O–H groups in total. The third-order valence-corrected chi connectivity index (χ3v) is 9.57. The van der Waals surface area contributed by atoms with Crippen LogP contribution in [0.4, 0.5) is 0 Å². The molecular weight excluding hydrogens is 611 g/mol. The maximum atomic E-state index is 9.78. The molecule has 50 heavy (non-hydrogen) atoms. The third kappa shape index (κ3) is 4.53. The maximum absolute atomic E-state index is 9.78. The first-order chi connectivity index (χ1) is 24.6. The molecule has 2 heterocycles. The van der Waals surface area contributed by atoms with E-state index in [-0.39, 0.29) is 0 Å². The van der Waals surface area contributed by atoms with Crippen LogP contribution in [-0.4, -0.2) is 9.13 Å². The molecule has 0 saturated heterocycles. The number of rotatable bonds is 4. The zero-order valence-electron chi connectivity index (χ0n) is 26.7. The van der Waals surface area contributed by atoms with Gasteiger partial charge >= 0.3 is 0 Å². The Hall–Kier alpha value is -7.39. The predicted molar refractivity (Wildman–Crippen MR) is 200 cm³/mol. The van der Waals surface area contributed by atoms with Crippen LogP contribution in [0.2, 0.25) is 0 Å². The van der Waals surface area contributed by atoms with E-state index in [0.717, 1.165) is 66.5 Å². The number of nitrogens with zero attached hydrogens (tertiary/aromatic N) is 5. The molecule has 0 amide bonds. The highest BCUT2D eigenvalue weighted by molar-refractivity contribution is 6.11. The van der Waals surface area contributed by atoms with Crippen molar-refractivity contribution >= 4 is 43.6 Å². The van der Waals surface area contributed by atoms with Crippen molar-refractivity contribution < 1.29 is 0 Å². The van der Waals surface area contributed by atoms with E-state index in [1.807, 2.05) is 60.7 Å². The number of hydrogen-bond acceptors (Lipinski definition) is 3. The van der Waals surface area contributed by atoms with Crippen molar-refractivity contribution in [3.63, 3.8) is 0 Å². The largest absolute Gasteiger partial charge is 0.309 e. The summed E-state index contributed by atoms with van der Waals surface area (Å²) in [6.07, 6.45) is 0. The minimum atomic E-state index is 0.568. The van der Waals surface area contributed by atoms with Crippen LogP contribution in [0.25, 0.3) is 77.2 Å². The van der Waals surface area contributed by atoms with Gasteiger partial charge in [-0.1, -0.05) is 66.7 Å². The highest BCUT2D eigenvalue weighted by Gasteiger charge is 2.18. The predicted octanol–water partition coefficient (Wildman–Crippen LogP) is 10.8. The Morgan fingerprint density at radius 2 is 0.780 bits per heavy atom. The fourth-order valence-corrected chi connectivity index (χ4v) is 7.28. The monoisotopic (exact) mass is 635 g/mol. The number of aromatic nitrogens is 2. The summed E-state index contributed by atoms with van der Waals surface area (Å²) in [6, 6.07) is 58.1. The number of hydrogen-bond donors (Lipinski definition) is 0. The fraction of sp³-hybridized carbons (Fsp3) is 0. The smallest absolute Gasteiger partial charge is 0.0991 e. The van der Waals surface area contributed by atoms with E-state index < -0.39 is 0 Å². The average molecular weight is 636 g/mol. The topological polar surface area (TPSA) is 81.2 Å². The Labute approximate surface area is 287 Å². The van der Waals surface area contributed by atoms with Crippen LogP contribution in [-0.2, 0) is 0 Å². The summed E-state index contributed by atoms with van der Waals surface area (Å²) >= 11 is 0. The third-order valence-electron chi connectivity index (χ3n) is 9.57. The molecule has 5 nitrogen and oxygen atoms in total. The summed E-state index contributed by atoms with van der Waals surface area (Å²) in [5, 5.41) is 33.1. The lowest BCUT2D eigenvalue weighted by atomic mass is 9.97. The van der Waals surface area contributed by atoms with Crippen molar-refractivity contribution in [1.82, 2.24) is 9.13 Å². The van der Waals surface area contributed by atoms with Gasteiger partial charge < -0.3 is 9.13 Å². The Balaban J connectivity index is 1.36. The van der Waals surface area contributed by atoms with Crippen LogP contribution < -0.4 is 0 Å². The molecule has 5 heteroatoms. The molecule has 230 valence electrons. The first-order valence-corrected chi connectivity index (χ1v) is 16.3. The van der Waals surface area contributed by atoms with Gasteiger partial charge in [-0.15, -0.1) is 0 Å². The van der Waals surface area contributed by atoms with Gasteiger partial charge in [-0.3, -0.25) is 0 Å². The van der Waals surface area contributed by atoms with Crippen molar-refractivity contribution in [3.8, 4) is 51.8 Å². The van der Waals surface area contributed by atoms with Gasteiger partial charge in [-0.05, 0) is 107 Å². The molecule has 0 bridgehead atoms. The van der Waals surface area contributed by atoms with Gasteiger partial charge in [0.05, 0.1) is 57.0 Å². The quantitative estimate of drug-likeness (QED) is 0.193. The molecule has 9 aromatic rings. The Morgan fingerprint density at radius 1 is 0.320 bits per heavy atom. The lowest BCUT2D eigenvalue weighted by molar-refractivity contribution is 1.13. The number of benzene rings is 7. The van der Waals surface area contributed by atoms with Gasteiger partial charge in [0.25, 0.3) is 0 Å². The summed E-state index contributed by atoms with van der Waals surface area (Å²) in [5.41, 5.74) is 12.0. The molecular formula is C45H25N5. The first-order valence-electron chi connectivity index (χ1n) is 16.3. The standard InChI is InChI=1S/C45H25N5/c46-26-29-12-16-32(17-13-29)33-6-5-7-34(22-33)35-23-36(49-42-10-3-1-8-38(42)39-9-2-4-11-43(39)49)25-37(24-35)50-44-18-14-30(27-47)20-40(44)41-21-31(28-48)15-19-45(41)50/h1-25H. The molecule has 0 saturated carbocycles. The SMILES string of the molecule is N#Cc1ccc(-c2cccc(-c3cc(-n4c5ccccc5c5ccccc54)cc(-n4c5ccc(C#N)cc5c5cc(C#N)ccc54)c3)c2)cc1. The van der Waals surface area contributed by atoms with E-state index in [2.05, 4.69) is 118 Å². The zero-order chi connectivity index (χ0) is 33.8. The molecule has 2 aromatic heterocycles. The Kier molecular flexibility index (Phi) is 6.56. The number of nitriles is 3. The summed E-state index contributed by atoms with van der Waals surface area (Å²) in [7, 11) is 0. The van der Waals surface area contributed by atoms with Gasteiger partial charge in [-0.2, -0.15) is 15.8 Å². The molecule has 0 fully saturated rings. The van der Waals surface area contributed by atoms with Crippen molar-refractivity contribution in [1.29, 1.82) is 15.8 Å². The molecule has 0 aliphatic rings. The number of fused-ring (bicyclic) bond motifs is 6. The van der Waals surface area contributed by atoms with Crippen LogP contribution in [0.5, 0.6) is 0 Å². The summed E-state index contributed by atoms with van der Waals surface area (Å²) in [4.78, 5) is 0. The van der Waals surface area contributed by atoms with E-state index in [0.29, 0.717) is 16.7 Å². The van der Waals surface area contributed by atoms with E-state index in [1.165, 1.54) is 10.8 Å². The number of para-hydroxylation sites is 2. The average Bonchev–Trinajstić information content (AvgIpc) is 3.70.